The summed E-state index contributed by atoms with van der Waals surface area (Å²) in [6.07, 6.45) is 1.31. The lowest BCUT2D eigenvalue weighted by atomic mass is 10.1. The van der Waals surface area contributed by atoms with Crippen molar-refractivity contribution in [3.05, 3.63) is 29.3 Å². The molecule has 1 aliphatic heterocycles. The molecule has 0 aliphatic carbocycles. The van der Waals surface area contributed by atoms with E-state index in [1.807, 2.05) is 32.0 Å². The van der Waals surface area contributed by atoms with E-state index >= 15 is 0 Å². The quantitative estimate of drug-likeness (QED) is 0.758. The molecule has 0 radical (unpaired) electrons. The summed E-state index contributed by atoms with van der Waals surface area (Å²) in [5.41, 5.74) is 2.91. The van der Waals surface area contributed by atoms with Crippen LogP contribution in [0.5, 0.6) is 0 Å². The Labute approximate surface area is 119 Å². The largest absolute Gasteiger partial charge is 0.384 e. The molecule has 1 aromatic carbocycles. The molecule has 0 saturated carbocycles. The molecular weight excluding hydrogens is 254 g/mol. The van der Waals surface area contributed by atoms with Gasteiger partial charge in [-0.3, -0.25) is 9.59 Å². The van der Waals surface area contributed by atoms with Crippen molar-refractivity contribution in [3.8, 4) is 0 Å². The minimum atomic E-state index is -0.140. The van der Waals surface area contributed by atoms with E-state index in [1.165, 1.54) is 5.56 Å². The number of carbonyl (C=O) groups is 2. The van der Waals surface area contributed by atoms with Crippen molar-refractivity contribution in [2.45, 2.75) is 32.7 Å². The van der Waals surface area contributed by atoms with Crippen molar-refractivity contribution >= 4 is 17.5 Å². The molecule has 0 bridgehead atoms. The number of nitrogens with one attached hydrogen (secondary N) is 3. The average Bonchev–Trinajstić information content (AvgIpc) is 2.84. The van der Waals surface area contributed by atoms with Crippen LogP contribution in [0.25, 0.3) is 0 Å². The third-order valence-electron chi connectivity index (χ3n) is 3.17. The molecule has 0 saturated heterocycles. The van der Waals surface area contributed by atoms with Gasteiger partial charge in [0.25, 0.3) is 5.91 Å². The lowest BCUT2D eigenvalue weighted by Gasteiger charge is -2.09. The van der Waals surface area contributed by atoms with Gasteiger partial charge in [-0.2, -0.15) is 0 Å². The van der Waals surface area contributed by atoms with E-state index in [4.69, 9.17) is 0 Å². The highest BCUT2D eigenvalue weighted by molar-refractivity contribution is 5.95. The van der Waals surface area contributed by atoms with Gasteiger partial charge < -0.3 is 16.0 Å². The summed E-state index contributed by atoms with van der Waals surface area (Å²) in [6, 6.07) is 5.80. The minimum absolute atomic E-state index is 0.0454. The highest BCUT2D eigenvalue weighted by Crippen LogP contribution is 2.22. The Bertz CT molecular complexity index is 512. The zero-order valence-electron chi connectivity index (χ0n) is 12.0. The lowest BCUT2D eigenvalue weighted by Crippen LogP contribution is -2.34. The minimum Gasteiger partial charge on any atom is -0.384 e. The van der Waals surface area contributed by atoms with E-state index in [2.05, 4.69) is 16.0 Å². The first-order valence-corrected chi connectivity index (χ1v) is 7.00. The fourth-order valence-corrected chi connectivity index (χ4v) is 2.22. The van der Waals surface area contributed by atoms with Gasteiger partial charge in [0.15, 0.2) is 0 Å². The molecule has 0 fully saturated rings. The summed E-state index contributed by atoms with van der Waals surface area (Å²) >= 11 is 0. The van der Waals surface area contributed by atoms with Crippen LogP contribution in [0.1, 0.15) is 36.2 Å². The van der Waals surface area contributed by atoms with Crippen LogP contribution < -0.4 is 16.0 Å². The van der Waals surface area contributed by atoms with Crippen LogP contribution in [0.3, 0.4) is 0 Å². The monoisotopic (exact) mass is 275 g/mol. The molecule has 20 heavy (non-hydrogen) atoms. The van der Waals surface area contributed by atoms with Gasteiger partial charge >= 0.3 is 0 Å². The van der Waals surface area contributed by atoms with Crippen molar-refractivity contribution in [3.63, 3.8) is 0 Å². The van der Waals surface area contributed by atoms with E-state index in [0.29, 0.717) is 18.5 Å². The van der Waals surface area contributed by atoms with E-state index in [9.17, 15) is 9.59 Å². The van der Waals surface area contributed by atoms with Gasteiger partial charge in [0, 0.05) is 36.8 Å². The van der Waals surface area contributed by atoms with Gasteiger partial charge in [-0.05, 0) is 38.0 Å². The van der Waals surface area contributed by atoms with Crippen LogP contribution in [0.4, 0.5) is 5.69 Å². The van der Waals surface area contributed by atoms with Crippen LogP contribution in [0, 0.1) is 0 Å². The molecule has 5 nitrogen and oxygen atoms in total. The Hall–Kier alpha value is -2.04. The summed E-state index contributed by atoms with van der Waals surface area (Å²) in [6.45, 7) is 5.10. The lowest BCUT2D eigenvalue weighted by molar-refractivity contribution is -0.121. The number of hydrogen-bond acceptors (Lipinski definition) is 3. The zero-order valence-corrected chi connectivity index (χ0v) is 12.0. The molecule has 2 amide bonds. The number of carbonyl (C=O) groups excluding carboxylic acids is 2. The molecule has 1 aromatic rings. The maximum absolute atomic E-state index is 12.0. The number of fused-ring (bicyclic) bond motifs is 1. The molecule has 0 unspecified atom stereocenters. The molecule has 3 N–H and O–H groups in total. The first kappa shape index (κ1) is 14.4. The van der Waals surface area contributed by atoms with Gasteiger partial charge in [0.1, 0.15) is 0 Å². The summed E-state index contributed by atoms with van der Waals surface area (Å²) in [7, 11) is 0. The summed E-state index contributed by atoms with van der Waals surface area (Å²) in [5.74, 6) is -0.185. The predicted molar refractivity (Wildman–Crippen MR) is 78.9 cm³/mol. The maximum atomic E-state index is 12.0. The molecule has 0 aromatic heterocycles. The number of benzene rings is 1. The van der Waals surface area contributed by atoms with Crippen LogP contribution in [-0.4, -0.2) is 30.9 Å². The Morgan fingerprint density at radius 2 is 2.15 bits per heavy atom. The van der Waals surface area contributed by atoms with Gasteiger partial charge in [0.2, 0.25) is 5.91 Å². The third kappa shape index (κ3) is 3.73. The van der Waals surface area contributed by atoms with E-state index in [1.54, 1.807) is 0 Å². The Balaban J connectivity index is 1.82. The predicted octanol–water partition coefficient (Wildman–Crippen LogP) is 1.30. The zero-order chi connectivity index (χ0) is 14.5. The highest BCUT2D eigenvalue weighted by Gasteiger charge is 2.13. The molecule has 2 rings (SSSR count). The van der Waals surface area contributed by atoms with Crippen molar-refractivity contribution in [1.29, 1.82) is 0 Å². The van der Waals surface area contributed by atoms with Crippen molar-refractivity contribution in [2.24, 2.45) is 0 Å². The van der Waals surface area contributed by atoms with Crippen molar-refractivity contribution in [1.82, 2.24) is 10.6 Å². The van der Waals surface area contributed by atoms with Crippen LogP contribution in [0.2, 0.25) is 0 Å². The second kappa shape index (κ2) is 6.41. The molecule has 0 atom stereocenters. The second-order valence-corrected chi connectivity index (χ2v) is 5.28. The number of amides is 2. The second-order valence-electron chi connectivity index (χ2n) is 5.28. The van der Waals surface area contributed by atoms with Crippen LogP contribution in [-0.2, 0) is 11.2 Å². The van der Waals surface area contributed by atoms with E-state index in [0.717, 1.165) is 18.7 Å². The fraction of sp³-hybridized carbons (Fsp3) is 0.467. The molecule has 108 valence electrons. The van der Waals surface area contributed by atoms with Gasteiger partial charge in [-0.25, -0.2) is 0 Å². The van der Waals surface area contributed by atoms with Crippen molar-refractivity contribution < 1.29 is 9.59 Å². The van der Waals surface area contributed by atoms with Crippen LogP contribution >= 0.6 is 0 Å². The average molecular weight is 275 g/mol. The third-order valence-corrected chi connectivity index (χ3v) is 3.17. The molecule has 5 heteroatoms. The number of hydrogen-bond donors (Lipinski definition) is 3. The van der Waals surface area contributed by atoms with Gasteiger partial charge in [-0.15, -0.1) is 0 Å². The van der Waals surface area contributed by atoms with Crippen LogP contribution in [0.15, 0.2) is 18.2 Å². The summed E-state index contributed by atoms with van der Waals surface area (Å²) in [5, 5.41) is 8.80. The van der Waals surface area contributed by atoms with E-state index in [-0.39, 0.29) is 17.9 Å². The smallest absolute Gasteiger partial charge is 0.251 e. The van der Waals surface area contributed by atoms with Crippen molar-refractivity contribution in [2.75, 3.05) is 18.4 Å². The standard InChI is InChI=1S/C15H21N3O2/c1-10(2)18-14(19)6-8-17-15(20)12-4-3-11-5-7-16-13(11)9-12/h3-4,9-10,16H,5-8H2,1-2H3,(H,17,20)(H,18,19). The normalized spacial score (nSPS) is 12.8. The van der Waals surface area contributed by atoms with E-state index < -0.39 is 0 Å². The molecule has 0 spiro atoms. The summed E-state index contributed by atoms with van der Waals surface area (Å²) in [4.78, 5) is 23.4. The highest BCUT2D eigenvalue weighted by atomic mass is 16.2. The first-order chi connectivity index (χ1) is 9.56. The summed E-state index contributed by atoms with van der Waals surface area (Å²) < 4.78 is 0. The molecule has 1 aliphatic rings. The Kier molecular flexibility index (Phi) is 4.61. The molecular formula is C15H21N3O2. The Morgan fingerprint density at radius 3 is 2.90 bits per heavy atom. The fourth-order valence-electron chi connectivity index (χ4n) is 2.22. The molecule has 1 heterocycles. The first-order valence-electron chi connectivity index (χ1n) is 7.00. The van der Waals surface area contributed by atoms with Gasteiger partial charge in [0.05, 0.1) is 0 Å². The Morgan fingerprint density at radius 1 is 1.35 bits per heavy atom. The topological polar surface area (TPSA) is 70.2 Å². The SMILES string of the molecule is CC(C)NC(=O)CCNC(=O)c1ccc2c(c1)NCC2. The number of anilines is 1. The number of rotatable bonds is 5. The van der Waals surface area contributed by atoms with Gasteiger partial charge in [-0.1, -0.05) is 6.07 Å². The maximum Gasteiger partial charge on any atom is 0.251 e.